The quantitative estimate of drug-likeness (QED) is 0.832. The first-order chi connectivity index (χ1) is 9.24. The molecule has 3 heteroatoms. The minimum absolute atomic E-state index is 0.457. The van der Waals surface area contributed by atoms with E-state index in [1.807, 2.05) is 54.6 Å². The van der Waals surface area contributed by atoms with Gasteiger partial charge in [-0.3, -0.25) is 0 Å². The molecule has 0 unspecified atom stereocenters. The van der Waals surface area contributed by atoms with E-state index in [2.05, 4.69) is 0 Å². The predicted molar refractivity (Wildman–Crippen MR) is 73.9 cm³/mol. The molecule has 1 N–H and O–H groups in total. The molecule has 0 aliphatic rings. The van der Waals surface area contributed by atoms with Crippen LogP contribution in [0.1, 0.15) is 11.1 Å². The van der Waals surface area contributed by atoms with Crippen molar-refractivity contribution in [3.05, 3.63) is 71.8 Å². The largest absolute Gasteiger partial charge is 0.489 e. The van der Waals surface area contributed by atoms with Crippen LogP contribution in [0.4, 0.5) is 0 Å². The van der Waals surface area contributed by atoms with Gasteiger partial charge in [0.1, 0.15) is 12.4 Å². The number of benzene rings is 2. The van der Waals surface area contributed by atoms with Gasteiger partial charge in [-0.2, -0.15) is 0 Å². The van der Waals surface area contributed by atoms with E-state index in [4.69, 9.17) is 9.84 Å². The minimum Gasteiger partial charge on any atom is -0.489 e. The SMILES string of the molecule is O=C(O)C=Cc1cccc(COc2ccccc2)c1. The first-order valence-corrected chi connectivity index (χ1v) is 5.92. The lowest BCUT2D eigenvalue weighted by Gasteiger charge is -2.06. The number of aliphatic carboxylic acids is 1. The second-order valence-corrected chi connectivity index (χ2v) is 4.02. The molecule has 0 saturated carbocycles. The fourth-order valence-electron chi connectivity index (χ4n) is 1.64. The van der Waals surface area contributed by atoms with Crippen LogP contribution >= 0.6 is 0 Å². The normalized spacial score (nSPS) is 10.5. The summed E-state index contributed by atoms with van der Waals surface area (Å²) in [6, 6.07) is 17.1. The van der Waals surface area contributed by atoms with Crippen LogP contribution in [-0.2, 0) is 11.4 Å². The Labute approximate surface area is 111 Å². The maximum absolute atomic E-state index is 10.5. The van der Waals surface area contributed by atoms with Crippen molar-refractivity contribution in [2.24, 2.45) is 0 Å². The summed E-state index contributed by atoms with van der Waals surface area (Å²) in [4.78, 5) is 10.5. The molecular weight excluding hydrogens is 240 g/mol. The zero-order chi connectivity index (χ0) is 13.5. The van der Waals surface area contributed by atoms with Gasteiger partial charge in [-0.15, -0.1) is 0 Å². The first-order valence-electron chi connectivity index (χ1n) is 5.92. The molecular formula is C16H14O3. The van der Waals surface area contributed by atoms with Crippen LogP contribution in [0.5, 0.6) is 5.75 Å². The molecule has 2 rings (SSSR count). The molecule has 0 bridgehead atoms. The standard InChI is InChI=1S/C16H14O3/c17-16(18)10-9-13-5-4-6-14(11-13)12-19-15-7-2-1-3-8-15/h1-11H,12H2,(H,17,18). The van der Waals surface area contributed by atoms with Crippen molar-refractivity contribution in [1.82, 2.24) is 0 Å². The average Bonchev–Trinajstić information content (AvgIpc) is 2.44. The molecule has 0 aromatic heterocycles. The number of ether oxygens (including phenoxy) is 1. The maximum atomic E-state index is 10.5. The van der Waals surface area contributed by atoms with Crippen molar-refractivity contribution in [2.75, 3.05) is 0 Å². The minimum atomic E-state index is -0.953. The van der Waals surface area contributed by atoms with Crippen molar-refractivity contribution < 1.29 is 14.6 Å². The van der Waals surface area contributed by atoms with Crippen LogP contribution in [0, 0.1) is 0 Å². The molecule has 2 aromatic carbocycles. The van der Waals surface area contributed by atoms with Gasteiger partial charge in [0.15, 0.2) is 0 Å². The molecule has 0 aliphatic carbocycles. The molecule has 0 heterocycles. The van der Waals surface area contributed by atoms with E-state index in [1.165, 1.54) is 0 Å². The summed E-state index contributed by atoms with van der Waals surface area (Å²) in [6.07, 6.45) is 2.69. The van der Waals surface area contributed by atoms with E-state index in [0.717, 1.165) is 23.0 Å². The Morgan fingerprint density at radius 2 is 1.89 bits per heavy atom. The van der Waals surface area contributed by atoms with Crippen molar-refractivity contribution in [3.8, 4) is 5.75 Å². The Balaban J connectivity index is 2.01. The molecule has 0 atom stereocenters. The van der Waals surface area contributed by atoms with Gasteiger partial charge < -0.3 is 9.84 Å². The summed E-state index contributed by atoms with van der Waals surface area (Å²) in [7, 11) is 0. The van der Waals surface area contributed by atoms with Crippen molar-refractivity contribution >= 4 is 12.0 Å². The predicted octanol–water partition coefficient (Wildman–Crippen LogP) is 3.36. The summed E-state index contributed by atoms with van der Waals surface area (Å²) < 4.78 is 5.63. The van der Waals surface area contributed by atoms with Crippen LogP contribution in [0.15, 0.2) is 60.7 Å². The number of hydrogen-bond donors (Lipinski definition) is 1. The van der Waals surface area contributed by atoms with Gasteiger partial charge in [0.2, 0.25) is 0 Å². The Hall–Kier alpha value is -2.55. The topological polar surface area (TPSA) is 46.5 Å². The average molecular weight is 254 g/mol. The number of carboxylic acid groups (broad SMARTS) is 1. The van der Waals surface area contributed by atoms with Crippen LogP contribution in [0.2, 0.25) is 0 Å². The Morgan fingerprint density at radius 3 is 2.63 bits per heavy atom. The molecule has 0 spiro atoms. The lowest BCUT2D eigenvalue weighted by Crippen LogP contribution is -1.95. The first kappa shape index (κ1) is 12.9. The third kappa shape index (κ3) is 4.32. The number of para-hydroxylation sites is 1. The van der Waals surface area contributed by atoms with E-state index in [9.17, 15) is 4.79 Å². The highest BCUT2D eigenvalue weighted by atomic mass is 16.5. The van der Waals surface area contributed by atoms with Gasteiger partial charge in [0.25, 0.3) is 0 Å². The zero-order valence-corrected chi connectivity index (χ0v) is 10.3. The van der Waals surface area contributed by atoms with Crippen LogP contribution in [0.3, 0.4) is 0 Å². The Kier molecular flexibility index (Phi) is 4.34. The lowest BCUT2D eigenvalue weighted by atomic mass is 10.1. The monoisotopic (exact) mass is 254 g/mol. The Bertz CT molecular complexity index is 574. The van der Waals surface area contributed by atoms with Gasteiger partial charge >= 0.3 is 5.97 Å². The molecule has 0 radical (unpaired) electrons. The molecule has 0 amide bonds. The summed E-state index contributed by atoms with van der Waals surface area (Å²) in [6.45, 7) is 0.457. The van der Waals surface area contributed by atoms with Crippen molar-refractivity contribution in [2.45, 2.75) is 6.61 Å². The lowest BCUT2D eigenvalue weighted by molar-refractivity contribution is -0.131. The molecule has 2 aromatic rings. The van der Waals surface area contributed by atoms with E-state index < -0.39 is 5.97 Å². The fraction of sp³-hybridized carbons (Fsp3) is 0.0625. The molecule has 96 valence electrons. The highest BCUT2D eigenvalue weighted by molar-refractivity contribution is 5.85. The van der Waals surface area contributed by atoms with Gasteiger partial charge in [0, 0.05) is 6.08 Å². The van der Waals surface area contributed by atoms with E-state index >= 15 is 0 Å². The summed E-state index contributed by atoms with van der Waals surface area (Å²) in [5.41, 5.74) is 1.84. The molecule has 0 aliphatic heterocycles. The van der Waals surface area contributed by atoms with E-state index in [1.54, 1.807) is 6.08 Å². The molecule has 3 nitrogen and oxygen atoms in total. The van der Waals surface area contributed by atoms with Crippen LogP contribution < -0.4 is 4.74 Å². The van der Waals surface area contributed by atoms with E-state index in [0.29, 0.717) is 6.61 Å². The summed E-state index contributed by atoms with van der Waals surface area (Å²) >= 11 is 0. The second-order valence-electron chi connectivity index (χ2n) is 4.02. The molecule has 0 saturated heterocycles. The zero-order valence-electron chi connectivity index (χ0n) is 10.3. The summed E-state index contributed by atoms with van der Waals surface area (Å²) in [5.74, 6) is -0.139. The summed E-state index contributed by atoms with van der Waals surface area (Å²) in [5, 5.41) is 8.58. The number of carbonyl (C=O) groups is 1. The van der Waals surface area contributed by atoms with Gasteiger partial charge in [0.05, 0.1) is 0 Å². The highest BCUT2D eigenvalue weighted by Gasteiger charge is 1.97. The van der Waals surface area contributed by atoms with Gasteiger partial charge in [-0.25, -0.2) is 4.79 Å². The fourth-order valence-corrected chi connectivity index (χ4v) is 1.64. The van der Waals surface area contributed by atoms with Crippen molar-refractivity contribution in [1.29, 1.82) is 0 Å². The third-order valence-electron chi connectivity index (χ3n) is 2.52. The van der Waals surface area contributed by atoms with Crippen LogP contribution in [-0.4, -0.2) is 11.1 Å². The smallest absolute Gasteiger partial charge is 0.328 e. The van der Waals surface area contributed by atoms with Gasteiger partial charge in [-0.1, -0.05) is 36.4 Å². The molecule has 19 heavy (non-hydrogen) atoms. The maximum Gasteiger partial charge on any atom is 0.328 e. The highest BCUT2D eigenvalue weighted by Crippen LogP contribution is 2.13. The van der Waals surface area contributed by atoms with E-state index in [-0.39, 0.29) is 0 Å². The second kappa shape index (κ2) is 6.40. The van der Waals surface area contributed by atoms with Gasteiger partial charge in [-0.05, 0) is 35.4 Å². The van der Waals surface area contributed by atoms with Crippen LogP contribution in [0.25, 0.3) is 6.08 Å². The Morgan fingerprint density at radius 1 is 1.11 bits per heavy atom. The number of hydrogen-bond acceptors (Lipinski definition) is 2. The van der Waals surface area contributed by atoms with Crippen molar-refractivity contribution in [3.63, 3.8) is 0 Å². The third-order valence-corrected chi connectivity index (χ3v) is 2.52. The number of carboxylic acids is 1. The molecule has 0 fully saturated rings. The number of rotatable bonds is 5.